The Morgan fingerprint density at radius 1 is 1.10 bits per heavy atom. The maximum absolute atomic E-state index is 12.9. The van der Waals surface area contributed by atoms with Gasteiger partial charge >= 0.3 is 0 Å². The van der Waals surface area contributed by atoms with E-state index in [0.29, 0.717) is 29.9 Å². The molecule has 0 bridgehead atoms. The van der Waals surface area contributed by atoms with Gasteiger partial charge in [0.05, 0.1) is 0 Å². The molecule has 1 heterocycles. The number of aliphatic hydroxyl groups is 1. The lowest BCUT2D eigenvalue weighted by atomic mass is 9.89. The Kier molecular flexibility index (Phi) is 5.84. The summed E-state index contributed by atoms with van der Waals surface area (Å²) in [5.41, 5.74) is 0.480. The number of likely N-dealkylation sites (tertiary alicyclic amines) is 1. The summed E-state index contributed by atoms with van der Waals surface area (Å²) < 4.78 is 0. The number of amides is 1. The molecule has 29 heavy (non-hydrogen) atoms. The molecule has 2 aromatic rings. The highest BCUT2D eigenvalue weighted by Gasteiger charge is 2.55. The standard InChI is InChI=1S/C25H30N2O2/c1-2-3-14-25(29,20-12-8-5-9-13-20)24(28)26-15-21-22-17-27(18-23(21)22)16-19-10-6-4-7-11-19/h2-13,21-23,29H,14-18H2,1H3,(H,26,28)/b3-2+. The molecule has 1 saturated heterocycles. The van der Waals surface area contributed by atoms with Crippen molar-refractivity contribution in [1.82, 2.24) is 10.2 Å². The Bertz CT molecular complexity index is 840. The second-order valence-corrected chi connectivity index (χ2v) is 8.38. The number of piperidine rings is 1. The summed E-state index contributed by atoms with van der Waals surface area (Å²) in [5, 5.41) is 14.2. The van der Waals surface area contributed by atoms with Crippen LogP contribution in [0.5, 0.6) is 0 Å². The van der Waals surface area contributed by atoms with E-state index < -0.39 is 5.60 Å². The van der Waals surface area contributed by atoms with Crippen LogP contribution in [0.15, 0.2) is 72.8 Å². The second-order valence-electron chi connectivity index (χ2n) is 8.38. The highest BCUT2D eigenvalue weighted by atomic mass is 16.3. The number of hydrogen-bond acceptors (Lipinski definition) is 3. The molecule has 1 saturated carbocycles. The Labute approximate surface area is 173 Å². The summed E-state index contributed by atoms with van der Waals surface area (Å²) in [6.07, 6.45) is 4.00. The van der Waals surface area contributed by atoms with Crippen molar-refractivity contribution in [1.29, 1.82) is 0 Å². The van der Waals surface area contributed by atoms with Crippen LogP contribution in [0.2, 0.25) is 0 Å². The monoisotopic (exact) mass is 390 g/mol. The van der Waals surface area contributed by atoms with Crippen molar-refractivity contribution in [3.05, 3.63) is 83.9 Å². The average molecular weight is 391 g/mol. The Morgan fingerprint density at radius 3 is 2.34 bits per heavy atom. The molecule has 152 valence electrons. The highest BCUT2D eigenvalue weighted by Crippen LogP contribution is 2.51. The third-order valence-electron chi connectivity index (χ3n) is 6.47. The average Bonchev–Trinajstić information content (AvgIpc) is 3.22. The number of rotatable bonds is 8. The van der Waals surface area contributed by atoms with Crippen molar-refractivity contribution in [3.8, 4) is 0 Å². The molecule has 3 unspecified atom stereocenters. The third kappa shape index (κ3) is 4.29. The fourth-order valence-electron chi connectivity index (χ4n) is 4.71. The SMILES string of the molecule is C/C=C/CC(O)(C(=O)NCC1C2CN(Cc3ccccc3)CC12)c1ccccc1. The molecule has 1 amide bonds. The van der Waals surface area contributed by atoms with Gasteiger partial charge < -0.3 is 10.4 Å². The fraction of sp³-hybridized carbons (Fsp3) is 0.400. The van der Waals surface area contributed by atoms with E-state index in [-0.39, 0.29) is 12.3 Å². The molecule has 2 N–H and O–H groups in total. The molecule has 1 aliphatic heterocycles. The van der Waals surface area contributed by atoms with Gasteiger partial charge in [-0.2, -0.15) is 0 Å². The number of nitrogens with one attached hydrogen (secondary N) is 1. The van der Waals surface area contributed by atoms with E-state index in [4.69, 9.17) is 0 Å². The lowest BCUT2D eigenvalue weighted by Crippen LogP contribution is -2.45. The summed E-state index contributed by atoms with van der Waals surface area (Å²) in [6, 6.07) is 19.8. The Morgan fingerprint density at radius 2 is 1.72 bits per heavy atom. The lowest BCUT2D eigenvalue weighted by molar-refractivity contribution is -0.140. The summed E-state index contributed by atoms with van der Waals surface area (Å²) in [7, 11) is 0. The molecule has 4 rings (SSSR count). The number of carbonyl (C=O) groups is 1. The van der Waals surface area contributed by atoms with E-state index in [1.54, 1.807) is 0 Å². The van der Waals surface area contributed by atoms with Crippen LogP contribution in [-0.2, 0) is 16.9 Å². The van der Waals surface area contributed by atoms with E-state index in [0.717, 1.165) is 19.6 Å². The van der Waals surface area contributed by atoms with Gasteiger partial charge in [-0.1, -0.05) is 72.8 Å². The van der Waals surface area contributed by atoms with E-state index in [1.807, 2.05) is 49.4 Å². The minimum atomic E-state index is -1.52. The van der Waals surface area contributed by atoms with E-state index >= 15 is 0 Å². The Hall–Kier alpha value is -2.43. The van der Waals surface area contributed by atoms with E-state index in [9.17, 15) is 9.90 Å². The van der Waals surface area contributed by atoms with Crippen molar-refractivity contribution in [2.24, 2.45) is 17.8 Å². The van der Waals surface area contributed by atoms with Crippen LogP contribution in [-0.4, -0.2) is 35.5 Å². The van der Waals surface area contributed by atoms with E-state index in [2.05, 4.69) is 40.5 Å². The van der Waals surface area contributed by atoms with E-state index in [1.165, 1.54) is 5.56 Å². The maximum Gasteiger partial charge on any atom is 0.256 e. The van der Waals surface area contributed by atoms with Crippen molar-refractivity contribution in [2.45, 2.75) is 25.5 Å². The predicted octanol–water partition coefficient (Wildman–Crippen LogP) is 3.33. The molecule has 4 heteroatoms. The fourth-order valence-corrected chi connectivity index (χ4v) is 4.71. The molecule has 3 atom stereocenters. The van der Waals surface area contributed by atoms with Crippen LogP contribution in [0, 0.1) is 17.8 Å². The number of benzene rings is 2. The van der Waals surface area contributed by atoms with Gasteiger partial charge in [0.25, 0.3) is 5.91 Å². The molecule has 0 radical (unpaired) electrons. The van der Waals surface area contributed by atoms with Gasteiger partial charge in [-0.05, 0) is 35.8 Å². The zero-order valence-corrected chi connectivity index (χ0v) is 17.0. The summed E-state index contributed by atoms with van der Waals surface area (Å²) in [6.45, 7) is 5.75. The van der Waals surface area contributed by atoms with Gasteiger partial charge in [-0.25, -0.2) is 0 Å². The van der Waals surface area contributed by atoms with Crippen LogP contribution >= 0.6 is 0 Å². The highest BCUT2D eigenvalue weighted by molar-refractivity contribution is 5.86. The lowest BCUT2D eigenvalue weighted by Gasteiger charge is -2.27. The van der Waals surface area contributed by atoms with Crippen LogP contribution < -0.4 is 5.32 Å². The maximum atomic E-state index is 12.9. The van der Waals surface area contributed by atoms with Gasteiger partial charge in [0.15, 0.2) is 5.60 Å². The van der Waals surface area contributed by atoms with Gasteiger partial charge in [0.2, 0.25) is 0 Å². The predicted molar refractivity (Wildman–Crippen MR) is 115 cm³/mol. The quantitative estimate of drug-likeness (QED) is 0.680. The zero-order chi connectivity index (χ0) is 20.3. The van der Waals surface area contributed by atoms with Crippen molar-refractivity contribution in [3.63, 3.8) is 0 Å². The molecule has 2 aromatic carbocycles. The van der Waals surface area contributed by atoms with Gasteiger partial charge in [0.1, 0.15) is 0 Å². The largest absolute Gasteiger partial charge is 0.375 e. The number of carbonyl (C=O) groups excluding carboxylic acids is 1. The summed E-state index contributed by atoms with van der Waals surface area (Å²) in [5.74, 6) is 1.57. The van der Waals surface area contributed by atoms with Crippen molar-refractivity contribution in [2.75, 3.05) is 19.6 Å². The first-order valence-corrected chi connectivity index (χ1v) is 10.6. The van der Waals surface area contributed by atoms with Crippen LogP contribution in [0.3, 0.4) is 0 Å². The first-order chi connectivity index (χ1) is 14.1. The van der Waals surface area contributed by atoms with Crippen LogP contribution in [0.4, 0.5) is 0 Å². The molecule has 4 nitrogen and oxygen atoms in total. The zero-order valence-electron chi connectivity index (χ0n) is 17.0. The first-order valence-electron chi connectivity index (χ1n) is 10.6. The second kappa shape index (κ2) is 8.52. The number of nitrogens with zero attached hydrogens (tertiary/aromatic N) is 1. The van der Waals surface area contributed by atoms with Crippen molar-refractivity contribution >= 4 is 5.91 Å². The molecule has 2 fully saturated rings. The van der Waals surface area contributed by atoms with Crippen molar-refractivity contribution < 1.29 is 9.90 Å². The normalized spacial score (nSPS) is 25.5. The van der Waals surface area contributed by atoms with Gasteiger partial charge in [-0.3, -0.25) is 9.69 Å². The topological polar surface area (TPSA) is 52.6 Å². The molecular weight excluding hydrogens is 360 g/mol. The number of fused-ring (bicyclic) bond motifs is 1. The molecule has 0 aromatic heterocycles. The minimum Gasteiger partial charge on any atom is -0.375 e. The summed E-state index contributed by atoms with van der Waals surface area (Å²) >= 11 is 0. The molecule has 2 aliphatic rings. The molecule has 0 spiro atoms. The Balaban J connectivity index is 1.30. The molecule has 1 aliphatic carbocycles. The smallest absolute Gasteiger partial charge is 0.256 e. The van der Waals surface area contributed by atoms with Gasteiger partial charge in [-0.15, -0.1) is 0 Å². The first kappa shape index (κ1) is 19.9. The summed E-state index contributed by atoms with van der Waals surface area (Å²) in [4.78, 5) is 15.4. The number of allylic oxidation sites excluding steroid dienone is 1. The van der Waals surface area contributed by atoms with Gasteiger partial charge in [0, 0.05) is 32.6 Å². The minimum absolute atomic E-state index is 0.279. The van der Waals surface area contributed by atoms with Crippen LogP contribution in [0.1, 0.15) is 24.5 Å². The molecular formula is C25H30N2O2. The third-order valence-corrected chi connectivity index (χ3v) is 6.47. The van der Waals surface area contributed by atoms with Crippen LogP contribution in [0.25, 0.3) is 0 Å². The number of hydrogen-bond donors (Lipinski definition) is 2.